The number of pyridine rings is 1. The molecular weight excluding hydrogens is 488 g/mol. The SMILES string of the molecule is C[C@@H](NC(=O)/C=C/c1ccc(C(F)(F)F)nc1N1CCCCC1)c1ccc(NS(C)(=O)=O)c(F)c1. The Bertz CT molecular complexity index is 1210. The predicted octanol–water partition coefficient (Wildman–Crippen LogP) is 4.49. The van der Waals surface area contributed by atoms with Gasteiger partial charge >= 0.3 is 6.18 Å². The average Bonchev–Trinajstić information content (AvgIpc) is 2.78. The van der Waals surface area contributed by atoms with E-state index in [2.05, 4.69) is 15.0 Å². The lowest BCUT2D eigenvalue weighted by atomic mass is 10.1. The van der Waals surface area contributed by atoms with E-state index in [1.165, 1.54) is 30.4 Å². The summed E-state index contributed by atoms with van der Waals surface area (Å²) >= 11 is 0. The molecular formula is C23H26F4N4O3S. The van der Waals surface area contributed by atoms with E-state index in [9.17, 15) is 30.8 Å². The number of nitrogens with one attached hydrogen (secondary N) is 2. The summed E-state index contributed by atoms with van der Waals surface area (Å²) < 4.78 is 78.5. The molecule has 12 heteroatoms. The monoisotopic (exact) mass is 514 g/mol. The van der Waals surface area contributed by atoms with Crippen molar-refractivity contribution in [2.75, 3.05) is 29.0 Å². The van der Waals surface area contributed by atoms with E-state index >= 15 is 0 Å². The van der Waals surface area contributed by atoms with E-state index in [-0.39, 0.29) is 11.5 Å². The van der Waals surface area contributed by atoms with Crippen LogP contribution in [0.2, 0.25) is 0 Å². The second-order valence-corrected chi connectivity index (χ2v) is 10.1. The minimum absolute atomic E-state index is 0.174. The summed E-state index contributed by atoms with van der Waals surface area (Å²) in [5, 5.41) is 2.65. The number of nitrogens with zero attached hydrogens (tertiary/aromatic N) is 2. The van der Waals surface area contributed by atoms with Crippen LogP contribution < -0.4 is 14.9 Å². The van der Waals surface area contributed by atoms with Gasteiger partial charge in [0.25, 0.3) is 0 Å². The van der Waals surface area contributed by atoms with E-state index in [4.69, 9.17) is 0 Å². The van der Waals surface area contributed by atoms with Gasteiger partial charge in [-0.1, -0.05) is 6.07 Å². The third-order valence-corrected chi connectivity index (χ3v) is 6.00. The van der Waals surface area contributed by atoms with Crippen molar-refractivity contribution in [1.82, 2.24) is 10.3 Å². The van der Waals surface area contributed by atoms with Gasteiger partial charge < -0.3 is 10.2 Å². The van der Waals surface area contributed by atoms with Gasteiger partial charge in [-0.15, -0.1) is 0 Å². The summed E-state index contributed by atoms with van der Waals surface area (Å²) in [6, 6.07) is 5.37. The molecule has 1 fully saturated rings. The standard InChI is InChI=1S/C23H26F4N4O3S/c1-15(17-6-9-19(18(24)14-17)30-35(2,33)34)28-21(32)11-8-16-7-10-20(23(25,26)27)29-22(16)31-12-4-3-5-13-31/h6-11,14-15,30H,3-5,12-13H2,1-2H3,(H,28,32)/b11-8+/t15-/m1/s1. The Labute approximate surface area is 201 Å². The number of amides is 1. The molecule has 2 heterocycles. The van der Waals surface area contributed by atoms with Gasteiger partial charge in [0.2, 0.25) is 15.9 Å². The molecule has 0 aliphatic carbocycles. The highest BCUT2D eigenvalue weighted by atomic mass is 32.2. The van der Waals surface area contributed by atoms with Crippen LogP contribution in [0, 0.1) is 5.82 Å². The van der Waals surface area contributed by atoms with Gasteiger partial charge in [0.15, 0.2) is 0 Å². The molecule has 1 amide bonds. The van der Waals surface area contributed by atoms with Crippen LogP contribution in [0.5, 0.6) is 0 Å². The number of carbonyl (C=O) groups excluding carboxylic acids is 1. The van der Waals surface area contributed by atoms with Crippen molar-refractivity contribution >= 4 is 33.5 Å². The highest BCUT2D eigenvalue weighted by Gasteiger charge is 2.33. The van der Waals surface area contributed by atoms with Gasteiger partial charge in [-0.25, -0.2) is 17.8 Å². The second-order valence-electron chi connectivity index (χ2n) is 8.33. The molecule has 190 valence electrons. The summed E-state index contributed by atoms with van der Waals surface area (Å²) in [7, 11) is -3.65. The number of aromatic nitrogens is 1. The first-order valence-corrected chi connectivity index (χ1v) is 12.8. The maximum absolute atomic E-state index is 14.2. The number of piperidine rings is 1. The van der Waals surface area contributed by atoms with E-state index in [0.717, 1.165) is 37.7 Å². The number of hydrogen-bond acceptors (Lipinski definition) is 5. The molecule has 35 heavy (non-hydrogen) atoms. The Morgan fingerprint density at radius 2 is 1.83 bits per heavy atom. The molecule has 0 radical (unpaired) electrons. The van der Waals surface area contributed by atoms with Gasteiger partial charge in [-0.2, -0.15) is 13.2 Å². The highest BCUT2D eigenvalue weighted by molar-refractivity contribution is 7.92. The lowest BCUT2D eigenvalue weighted by Crippen LogP contribution is -2.31. The van der Waals surface area contributed by atoms with Gasteiger partial charge in [-0.3, -0.25) is 9.52 Å². The van der Waals surface area contributed by atoms with Gasteiger partial charge in [0.1, 0.15) is 17.3 Å². The quantitative estimate of drug-likeness (QED) is 0.420. The zero-order valence-corrected chi connectivity index (χ0v) is 20.0. The molecule has 0 spiro atoms. The number of rotatable bonds is 7. The molecule has 0 unspecified atom stereocenters. The average molecular weight is 515 g/mol. The Kier molecular flexibility index (Phi) is 8.04. The molecule has 7 nitrogen and oxygen atoms in total. The number of halogens is 4. The second kappa shape index (κ2) is 10.6. The Balaban J connectivity index is 1.75. The molecule has 1 aromatic heterocycles. The summed E-state index contributed by atoms with van der Waals surface area (Å²) in [5.41, 5.74) is -0.433. The number of sulfonamides is 1. The lowest BCUT2D eigenvalue weighted by molar-refractivity contribution is -0.141. The van der Waals surface area contributed by atoms with E-state index < -0.39 is 39.7 Å². The molecule has 1 saturated heterocycles. The molecule has 1 aliphatic rings. The maximum Gasteiger partial charge on any atom is 0.433 e. The van der Waals surface area contributed by atoms with Gasteiger partial charge in [0, 0.05) is 24.7 Å². The first-order chi connectivity index (χ1) is 16.3. The third kappa shape index (κ3) is 7.41. The molecule has 0 saturated carbocycles. The minimum Gasteiger partial charge on any atom is -0.356 e. The number of alkyl halides is 3. The molecule has 2 N–H and O–H groups in total. The van der Waals surface area contributed by atoms with Crippen molar-refractivity contribution in [3.63, 3.8) is 0 Å². The van der Waals surface area contributed by atoms with Crippen LogP contribution in [-0.4, -0.2) is 38.7 Å². The lowest BCUT2D eigenvalue weighted by Gasteiger charge is -2.29. The summed E-state index contributed by atoms with van der Waals surface area (Å²) in [6.45, 7) is 2.77. The summed E-state index contributed by atoms with van der Waals surface area (Å²) in [6.07, 6.45) is 1.58. The fourth-order valence-electron chi connectivity index (χ4n) is 3.70. The minimum atomic E-state index is -4.58. The smallest absolute Gasteiger partial charge is 0.356 e. The molecule has 1 atom stereocenters. The fourth-order valence-corrected chi connectivity index (χ4v) is 4.26. The molecule has 1 aromatic carbocycles. The normalized spacial score (nSPS) is 15.8. The van der Waals surface area contributed by atoms with Crippen LogP contribution >= 0.6 is 0 Å². The molecule has 0 bridgehead atoms. The van der Waals surface area contributed by atoms with E-state index in [1.54, 1.807) is 11.8 Å². The Morgan fingerprint density at radius 3 is 2.43 bits per heavy atom. The fraction of sp³-hybridized carbons (Fsp3) is 0.391. The predicted molar refractivity (Wildman–Crippen MR) is 126 cm³/mol. The summed E-state index contributed by atoms with van der Waals surface area (Å²) in [4.78, 5) is 18.1. The van der Waals surface area contributed by atoms with E-state index in [1.807, 2.05) is 0 Å². The van der Waals surface area contributed by atoms with Crippen molar-refractivity contribution < 1.29 is 30.8 Å². The number of hydrogen-bond donors (Lipinski definition) is 2. The Hall–Kier alpha value is -3.15. The maximum atomic E-state index is 14.2. The Morgan fingerprint density at radius 1 is 1.14 bits per heavy atom. The molecule has 1 aliphatic heterocycles. The largest absolute Gasteiger partial charge is 0.433 e. The third-order valence-electron chi connectivity index (χ3n) is 5.41. The van der Waals surface area contributed by atoms with Crippen LogP contribution in [0.1, 0.15) is 49.0 Å². The molecule has 2 aromatic rings. The molecule has 3 rings (SSSR count). The zero-order chi connectivity index (χ0) is 25.8. The number of anilines is 2. The van der Waals surface area contributed by atoms with Crippen LogP contribution in [-0.2, 0) is 21.0 Å². The van der Waals surface area contributed by atoms with Crippen LogP contribution in [0.3, 0.4) is 0 Å². The first kappa shape index (κ1) is 26.5. The van der Waals surface area contributed by atoms with Crippen molar-refractivity contribution in [1.29, 1.82) is 0 Å². The summed E-state index contributed by atoms with van der Waals surface area (Å²) in [5.74, 6) is -1.17. The number of carbonyl (C=O) groups is 1. The zero-order valence-electron chi connectivity index (χ0n) is 19.2. The van der Waals surface area contributed by atoms with E-state index in [0.29, 0.717) is 24.2 Å². The van der Waals surface area contributed by atoms with Crippen molar-refractivity contribution in [3.05, 3.63) is 59.0 Å². The number of benzene rings is 1. The van der Waals surface area contributed by atoms with Crippen molar-refractivity contribution in [2.45, 2.75) is 38.4 Å². The van der Waals surface area contributed by atoms with Gasteiger partial charge in [0.05, 0.1) is 18.0 Å². The van der Waals surface area contributed by atoms with Crippen LogP contribution in [0.15, 0.2) is 36.4 Å². The van der Waals surface area contributed by atoms with Crippen molar-refractivity contribution in [3.8, 4) is 0 Å². The van der Waals surface area contributed by atoms with Crippen molar-refractivity contribution in [2.24, 2.45) is 0 Å². The highest BCUT2D eigenvalue weighted by Crippen LogP contribution is 2.32. The topological polar surface area (TPSA) is 91.4 Å². The van der Waals surface area contributed by atoms with Gasteiger partial charge in [-0.05, 0) is 62.1 Å². The van der Waals surface area contributed by atoms with Crippen LogP contribution in [0.4, 0.5) is 29.1 Å². The first-order valence-electron chi connectivity index (χ1n) is 10.9. The van der Waals surface area contributed by atoms with Crippen LogP contribution in [0.25, 0.3) is 6.08 Å².